The molecule has 0 aliphatic carbocycles. The zero-order chi connectivity index (χ0) is 16.9. The lowest BCUT2D eigenvalue weighted by atomic mass is 10.1. The Morgan fingerprint density at radius 3 is 2.46 bits per heavy atom. The van der Waals surface area contributed by atoms with Gasteiger partial charge in [-0.1, -0.05) is 12.1 Å². The van der Waals surface area contributed by atoms with Crippen molar-refractivity contribution in [3.05, 3.63) is 35.4 Å². The van der Waals surface area contributed by atoms with Gasteiger partial charge < -0.3 is 9.64 Å². The number of ether oxygens (including phenoxy) is 1. The molecule has 2 aliphatic heterocycles. The van der Waals surface area contributed by atoms with Gasteiger partial charge in [0.2, 0.25) is 0 Å². The zero-order valence-corrected chi connectivity index (χ0v) is 16.1. The first-order chi connectivity index (χ1) is 11.7. The molecule has 0 unspecified atom stereocenters. The van der Waals surface area contributed by atoms with Gasteiger partial charge in [0.05, 0.1) is 11.7 Å². The number of hydrogen-bond acceptors (Lipinski definition) is 6. The van der Waals surface area contributed by atoms with E-state index in [1.165, 1.54) is 30.6 Å². The van der Waals surface area contributed by atoms with Crippen LogP contribution in [-0.2, 0) is 9.53 Å². The molecule has 1 amide bonds. The molecule has 2 heterocycles. The SMILES string of the molecule is COC(=O)[C@H]1CN(C(=O)c2ccc(C3SCCCS3)cc2)CCS1. The smallest absolute Gasteiger partial charge is 0.320 e. The van der Waals surface area contributed by atoms with E-state index in [0.717, 1.165) is 5.75 Å². The summed E-state index contributed by atoms with van der Waals surface area (Å²) in [5.41, 5.74) is 1.97. The molecule has 0 aromatic heterocycles. The van der Waals surface area contributed by atoms with Gasteiger partial charge in [0.15, 0.2) is 0 Å². The fraction of sp³-hybridized carbons (Fsp3) is 0.529. The summed E-state index contributed by atoms with van der Waals surface area (Å²) in [6.45, 7) is 1.10. The van der Waals surface area contributed by atoms with Crippen molar-refractivity contribution in [2.75, 3.05) is 37.5 Å². The summed E-state index contributed by atoms with van der Waals surface area (Å²) < 4.78 is 5.29. The molecule has 0 bridgehead atoms. The number of thioether (sulfide) groups is 3. The fourth-order valence-electron chi connectivity index (χ4n) is 2.75. The first-order valence-electron chi connectivity index (χ1n) is 8.01. The van der Waals surface area contributed by atoms with Crippen molar-refractivity contribution in [1.29, 1.82) is 0 Å². The van der Waals surface area contributed by atoms with E-state index in [1.54, 1.807) is 16.7 Å². The number of methoxy groups -OCH3 is 1. The largest absolute Gasteiger partial charge is 0.468 e. The lowest BCUT2D eigenvalue weighted by Crippen LogP contribution is -2.44. The van der Waals surface area contributed by atoms with Crippen LogP contribution in [0.1, 0.15) is 26.9 Å². The van der Waals surface area contributed by atoms with Gasteiger partial charge in [0.25, 0.3) is 5.91 Å². The third-order valence-corrected chi connectivity index (χ3v) is 8.25. The molecule has 0 saturated carbocycles. The second-order valence-electron chi connectivity index (χ2n) is 5.68. The molecule has 1 atom stereocenters. The average molecular weight is 384 g/mol. The molecule has 130 valence electrons. The van der Waals surface area contributed by atoms with Crippen LogP contribution in [0.5, 0.6) is 0 Å². The topological polar surface area (TPSA) is 46.6 Å². The molecule has 3 rings (SSSR count). The molecule has 0 spiro atoms. The highest BCUT2D eigenvalue weighted by Gasteiger charge is 2.30. The Kier molecular flexibility index (Phi) is 6.41. The number of esters is 1. The first-order valence-corrected chi connectivity index (χ1v) is 11.2. The quantitative estimate of drug-likeness (QED) is 0.747. The van der Waals surface area contributed by atoms with Crippen molar-refractivity contribution < 1.29 is 14.3 Å². The minimum Gasteiger partial charge on any atom is -0.468 e. The summed E-state index contributed by atoms with van der Waals surface area (Å²) >= 11 is 5.52. The van der Waals surface area contributed by atoms with Gasteiger partial charge in [0.1, 0.15) is 5.25 Å². The Bertz CT molecular complexity index is 587. The molecule has 0 N–H and O–H groups in total. The average Bonchev–Trinajstić information content (AvgIpc) is 2.67. The number of carbonyl (C=O) groups excluding carboxylic acids is 2. The van der Waals surface area contributed by atoms with E-state index in [-0.39, 0.29) is 17.1 Å². The third-order valence-electron chi connectivity index (χ3n) is 4.07. The van der Waals surface area contributed by atoms with Gasteiger partial charge in [0, 0.05) is 24.4 Å². The van der Waals surface area contributed by atoms with Crippen molar-refractivity contribution in [3.63, 3.8) is 0 Å². The standard InChI is InChI=1S/C17H21NO3S3/c1-21-16(20)14-11-18(7-10-22-14)15(19)12-3-5-13(6-4-12)17-23-8-2-9-24-17/h3-6,14,17H,2,7-11H2,1H3/t14-/m1/s1. The summed E-state index contributed by atoms with van der Waals surface area (Å²) in [6, 6.07) is 7.98. The summed E-state index contributed by atoms with van der Waals surface area (Å²) in [7, 11) is 1.39. The van der Waals surface area contributed by atoms with Crippen LogP contribution in [0.15, 0.2) is 24.3 Å². The molecule has 1 aromatic rings. The normalized spacial score (nSPS) is 22.2. The van der Waals surface area contributed by atoms with Gasteiger partial charge in [-0.15, -0.1) is 35.3 Å². The Labute approximate surface area is 155 Å². The first kappa shape index (κ1) is 18.0. The Morgan fingerprint density at radius 2 is 1.79 bits per heavy atom. The van der Waals surface area contributed by atoms with Crippen LogP contribution < -0.4 is 0 Å². The van der Waals surface area contributed by atoms with E-state index in [2.05, 4.69) is 12.1 Å². The van der Waals surface area contributed by atoms with E-state index in [9.17, 15) is 9.59 Å². The highest BCUT2D eigenvalue weighted by molar-refractivity contribution is 8.16. The molecule has 0 radical (unpaired) electrons. The monoisotopic (exact) mass is 383 g/mol. The van der Waals surface area contributed by atoms with Crippen LogP contribution in [0.3, 0.4) is 0 Å². The van der Waals surface area contributed by atoms with Crippen LogP contribution >= 0.6 is 35.3 Å². The number of carbonyl (C=O) groups is 2. The minimum absolute atomic E-state index is 0.000275. The highest BCUT2D eigenvalue weighted by Crippen LogP contribution is 2.43. The molecule has 2 saturated heterocycles. The van der Waals surface area contributed by atoms with Gasteiger partial charge in [-0.25, -0.2) is 0 Å². The van der Waals surface area contributed by atoms with Gasteiger partial charge >= 0.3 is 5.97 Å². The number of hydrogen-bond donors (Lipinski definition) is 0. The maximum atomic E-state index is 12.7. The Hall–Kier alpha value is -0.790. The van der Waals surface area contributed by atoms with Crippen LogP contribution in [0.2, 0.25) is 0 Å². The molecule has 2 fully saturated rings. The number of nitrogens with zero attached hydrogens (tertiary/aromatic N) is 1. The molecule has 2 aliphatic rings. The number of amides is 1. The van der Waals surface area contributed by atoms with Crippen LogP contribution in [-0.4, -0.2) is 59.5 Å². The van der Waals surface area contributed by atoms with Crippen LogP contribution in [0.25, 0.3) is 0 Å². The molecule has 4 nitrogen and oxygen atoms in total. The number of rotatable bonds is 3. The van der Waals surface area contributed by atoms with Crippen molar-refractivity contribution in [3.8, 4) is 0 Å². The van der Waals surface area contributed by atoms with E-state index < -0.39 is 0 Å². The predicted molar refractivity (Wildman–Crippen MR) is 103 cm³/mol. The van der Waals surface area contributed by atoms with E-state index in [1.807, 2.05) is 35.7 Å². The highest BCUT2D eigenvalue weighted by atomic mass is 32.2. The lowest BCUT2D eigenvalue weighted by Gasteiger charge is -2.31. The Morgan fingerprint density at radius 1 is 1.08 bits per heavy atom. The molecular weight excluding hydrogens is 362 g/mol. The summed E-state index contributed by atoms with van der Waals surface area (Å²) in [6.07, 6.45) is 1.27. The molecule has 7 heteroatoms. The summed E-state index contributed by atoms with van der Waals surface area (Å²) in [5, 5.41) is -0.276. The van der Waals surface area contributed by atoms with Crippen LogP contribution in [0, 0.1) is 0 Å². The summed E-state index contributed by atoms with van der Waals surface area (Å²) in [5.74, 6) is 2.93. The predicted octanol–water partition coefficient (Wildman–Crippen LogP) is 3.29. The maximum Gasteiger partial charge on any atom is 0.320 e. The molecular formula is C17H21NO3S3. The lowest BCUT2D eigenvalue weighted by molar-refractivity contribution is -0.140. The maximum absolute atomic E-state index is 12.7. The zero-order valence-electron chi connectivity index (χ0n) is 13.6. The van der Waals surface area contributed by atoms with E-state index >= 15 is 0 Å². The summed E-state index contributed by atoms with van der Waals surface area (Å²) in [4.78, 5) is 26.2. The third kappa shape index (κ3) is 4.24. The van der Waals surface area contributed by atoms with E-state index in [0.29, 0.717) is 23.2 Å². The Balaban J connectivity index is 1.65. The van der Waals surface area contributed by atoms with Gasteiger partial charge in [-0.2, -0.15) is 0 Å². The van der Waals surface area contributed by atoms with Crippen molar-refractivity contribution >= 4 is 47.2 Å². The van der Waals surface area contributed by atoms with Crippen molar-refractivity contribution in [1.82, 2.24) is 4.90 Å². The van der Waals surface area contributed by atoms with Crippen molar-refractivity contribution in [2.45, 2.75) is 16.3 Å². The fourth-order valence-corrected chi connectivity index (χ4v) is 6.78. The van der Waals surface area contributed by atoms with Gasteiger partial charge in [-0.3, -0.25) is 9.59 Å². The second-order valence-corrected chi connectivity index (χ2v) is 9.72. The molecule has 1 aromatic carbocycles. The minimum atomic E-state index is -0.276. The van der Waals surface area contributed by atoms with Gasteiger partial charge in [-0.05, 0) is 35.6 Å². The molecule has 24 heavy (non-hydrogen) atoms. The van der Waals surface area contributed by atoms with Crippen LogP contribution in [0.4, 0.5) is 0 Å². The van der Waals surface area contributed by atoms with Crippen molar-refractivity contribution in [2.24, 2.45) is 0 Å². The second kappa shape index (κ2) is 8.54. The number of benzene rings is 1. The van der Waals surface area contributed by atoms with E-state index in [4.69, 9.17) is 4.74 Å².